The van der Waals surface area contributed by atoms with Crippen LogP contribution >= 0.6 is 0 Å². The molecule has 1 unspecified atom stereocenters. The molecule has 5 heteroatoms. The summed E-state index contributed by atoms with van der Waals surface area (Å²) in [5.41, 5.74) is 0.502. The number of ether oxygens (including phenoxy) is 2. The zero-order valence-corrected chi connectivity index (χ0v) is 12.7. The number of Topliss-reactive ketones (excluding diaryl/α,β-unsaturated/α-hetero) is 1. The van der Waals surface area contributed by atoms with Crippen LogP contribution < -0.4 is 9.47 Å². The van der Waals surface area contributed by atoms with Gasteiger partial charge in [0.2, 0.25) is 0 Å². The van der Waals surface area contributed by atoms with E-state index in [9.17, 15) is 9.59 Å². The van der Waals surface area contributed by atoms with Crippen molar-refractivity contribution in [1.29, 1.82) is 0 Å². The number of nitrogens with zero attached hydrogens (tertiary/aromatic N) is 1. The summed E-state index contributed by atoms with van der Waals surface area (Å²) in [6.45, 7) is 2.94. The van der Waals surface area contributed by atoms with E-state index in [4.69, 9.17) is 9.47 Å². The zero-order chi connectivity index (χ0) is 15.4. The third kappa shape index (κ3) is 3.17. The van der Waals surface area contributed by atoms with E-state index in [0.717, 1.165) is 6.42 Å². The van der Waals surface area contributed by atoms with Crippen molar-refractivity contribution in [1.82, 2.24) is 4.90 Å². The van der Waals surface area contributed by atoms with Crippen molar-refractivity contribution in [3.8, 4) is 11.5 Å². The van der Waals surface area contributed by atoms with E-state index < -0.39 is 0 Å². The number of carbonyl (C=O) groups is 2. The Morgan fingerprint density at radius 3 is 2.71 bits per heavy atom. The maximum absolute atomic E-state index is 12.6. The smallest absolute Gasteiger partial charge is 0.257 e. The fraction of sp³-hybridized carbons (Fsp3) is 0.500. The van der Waals surface area contributed by atoms with Crippen LogP contribution in [0.1, 0.15) is 30.1 Å². The highest BCUT2D eigenvalue weighted by molar-refractivity contribution is 5.98. The number of piperidine rings is 1. The van der Waals surface area contributed by atoms with E-state index in [1.165, 1.54) is 7.11 Å². The zero-order valence-electron chi connectivity index (χ0n) is 12.7. The van der Waals surface area contributed by atoms with Crippen LogP contribution in [0.25, 0.3) is 0 Å². The largest absolute Gasteiger partial charge is 0.497 e. The minimum absolute atomic E-state index is 0.0491. The maximum Gasteiger partial charge on any atom is 0.257 e. The Morgan fingerprint density at radius 2 is 2.10 bits per heavy atom. The second-order valence-electron chi connectivity index (χ2n) is 5.14. The Kier molecular flexibility index (Phi) is 4.83. The molecule has 114 valence electrons. The van der Waals surface area contributed by atoms with E-state index in [1.807, 2.05) is 6.92 Å². The lowest BCUT2D eigenvalue weighted by Gasteiger charge is -2.31. The molecule has 0 bridgehead atoms. The van der Waals surface area contributed by atoms with Crippen LogP contribution in [0.3, 0.4) is 0 Å². The molecular weight excluding hydrogens is 270 g/mol. The van der Waals surface area contributed by atoms with Crippen LogP contribution in [0.5, 0.6) is 11.5 Å². The maximum atomic E-state index is 12.6. The molecule has 0 aromatic heterocycles. The Bertz CT molecular complexity index is 541. The van der Waals surface area contributed by atoms with Crippen LogP contribution in [0.2, 0.25) is 0 Å². The highest BCUT2D eigenvalue weighted by Crippen LogP contribution is 2.27. The molecular formula is C16H21NO4. The minimum atomic E-state index is -0.0968. The van der Waals surface area contributed by atoms with Gasteiger partial charge in [0.25, 0.3) is 5.91 Å². The summed E-state index contributed by atoms with van der Waals surface area (Å²) >= 11 is 0. The molecule has 0 aliphatic carbocycles. The Hall–Kier alpha value is -2.04. The van der Waals surface area contributed by atoms with Gasteiger partial charge >= 0.3 is 0 Å². The van der Waals surface area contributed by atoms with Crippen molar-refractivity contribution in [2.24, 2.45) is 5.92 Å². The van der Waals surface area contributed by atoms with Crippen LogP contribution in [-0.2, 0) is 4.79 Å². The number of ketones is 1. The molecule has 21 heavy (non-hydrogen) atoms. The first-order chi connectivity index (χ1) is 10.1. The standard InChI is InChI=1S/C16H21NO4/c1-4-11-10-17(8-7-14(11)18)16(19)13-6-5-12(20-2)9-15(13)21-3/h5-6,9,11H,4,7-8,10H2,1-3H3. The normalized spacial score (nSPS) is 18.5. The molecule has 0 radical (unpaired) electrons. The lowest BCUT2D eigenvalue weighted by molar-refractivity contribution is -0.125. The highest BCUT2D eigenvalue weighted by Gasteiger charge is 2.30. The third-order valence-corrected chi connectivity index (χ3v) is 3.94. The number of amides is 1. The summed E-state index contributed by atoms with van der Waals surface area (Å²) in [4.78, 5) is 26.1. The van der Waals surface area contributed by atoms with Crippen molar-refractivity contribution in [3.05, 3.63) is 23.8 Å². The van der Waals surface area contributed by atoms with Gasteiger partial charge in [0, 0.05) is 31.5 Å². The van der Waals surface area contributed by atoms with E-state index in [1.54, 1.807) is 30.2 Å². The van der Waals surface area contributed by atoms with Crippen molar-refractivity contribution in [2.75, 3.05) is 27.3 Å². The molecule has 1 heterocycles. The molecule has 2 rings (SSSR count). The van der Waals surface area contributed by atoms with Crippen LogP contribution in [0, 0.1) is 5.92 Å². The summed E-state index contributed by atoms with van der Waals surface area (Å²) in [6, 6.07) is 5.14. The number of hydrogen-bond donors (Lipinski definition) is 0. The number of rotatable bonds is 4. The SMILES string of the molecule is CCC1CN(C(=O)c2ccc(OC)cc2OC)CCC1=O. The average molecular weight is 291 g/mol. The number of carbonyl (C=O) groups excluding carboxylic acids is 2. The Balaban J connectivity index is 2.22. The summed E-state index contributed by atoms with van der Waals surface area (Å²) in [5, 5.41) is 0. The molecule has 0 spiro atoms. The molecule has 1 aliphatic rings. The van der Waals surface area contributed by atoms with Crippen molar-refractivity contribution in [3.63, 3.8) is 0 Å². The molecule has 1 atom stereocenters. The van der Waals surface area contributed by atoms with E-state index in [2.05, 4.69) is 0 Å². The molecule has 1 aromatic rings. The fourth-order valence-electron chi connectivity index (χ4n) is 2.60. The molecule has 0 N–H and O–H groups in total. The van der Waals surface area contributed by atoms with Crippen LogP contribution in [-0.4, -0.2) is 43.9 Å². The molecule has 1 saturated heterocycles. The topological polar surface area (TPSA) is 55.8 Å². The molecule has 1 aromatic carbocycles. The summed E-state index contributed by atoms with van der Waals surface area (Å²) in [5.74, 6) is 1.24. The predicted molar refractivity (Wildman–Crippen MR) is 78.9 cm³/mol. The van der Waals surface area contributed by atoms with E-state index in [-0.39, 0.29) is 17.6 Å². The van der Waals surface area contributed by atoms with Crippen LogP contribution in [0.15, 0.2) is 18.2 Å². The third-order valence-electron chi connectivity index (χ3n) is 3.94. The predicted octanol–water partition coefficient (Wildman–Crippen LogP) is 2.15. The minimum Gasteiger partial charge on any atom is -0.497 e. The quantitative estimate of drug-likeness (QED) is 0.853. The van der Waals surface area contributed by atoms with Gasteiger partial charge in [-0.2, -0.15) is 0 Å². The Labute approximate surface area is 124 Å². The monoisotopic (exact) mass is 291 g/mol. The van der Waals surface area contributed by atoms with Gasteiger partial charge in [0.1, 0.15) is 17.3 Å². The summed E-state index contributed by atoms with van der Waals surface area (Å²) in [7, 11) is 3.10. The second kappa shape index (κ2) is 6.61. The molecule has 1 aliphatic heterocycles. The summed E-state index contributed by atoms with van der Waals surface area (Å²) < 4.78 is 10.4. The van der Waals surface area contributed by atoms with Gasteiger partial charge in [-0.05, 0) is 18.6 Å². The molecule has 1 amide bonds. The lowest BCUT2D eigenvalue weighted by atomic mass is 9.93. The molecule has 0 saturated carbocycles. The van der Waals surface area contributed by atoms with Crippen LogP contribution in [0.4, 0.5) is 0 Å². The Morgan fingerprint density at radius 1 is 1.33 bits per heavy atom. The molecule has 1 fully saturated rings. The highest BCUT2D eigenvalue weighted by atomic mass is 16.5. The van der Waals surface area contributed by atoms with Gasteiger partial charge in [0.15, 0.2) is 0 Å². The van der Waals surface area contributed by atoms with Crippen molar-refractivity contribution in [2.45, 2.75) is 19.8 Å². The number of benzene rings is 1. The van der Waals surface area contributed by atoms with Gasteiger partial charge < -0.3 is 14.4 Å². The molecule has 5 nitrogen and oxygen atoms in total. The van der Waals surface area contributed by atoms with Crippen molar-refractivity contribution < 1.29 is 19.1 Å². The number of likely N-dealkylation sites (tertiary alicyclic amines) is 1. The average Bonchev–Trinajstić information content (AvgIpc) is 2.54. The summed E-state index contributed by atoms with van der Waals surface area (Å²) in [6.07, 6.45) is 1.20. The first-order valence-corrected chi connectivity index (χ1v) is 7.14. The van der Waals surface area contributed by atoms with E-state index >= 15 is 0 Å². The van der Waals surface area contributed by atoms with Gasteiger partial charge in [-0.15, -0.1) is 0 Å². The number of methoxy groups -OCH3 is 2. The fourth-order valence-corrected chi connectivity index (χ4v) is 2.60. The lowest BCUT2D eigenvalue weighted by Crippen LogP contribution is -2.44. The first kappa shape index (κ1) is 15.4. The second-order valence-corrected chi connectivity index (χ2v) is 5.14. The first-order valence-electron chi connectivity index (χ1n) is 7.14. The van der Waals surface area contributed by atoms with E-state index in [0.29, 0.717) is 36.6 Å². The van der Waals surface area contributed by atoms with Crippen molar-refractivity contribution >= 4 is 11.7 Å². The van der Waals surface area contributed by atoms with Gasteiger partial charge in [-0.3, -0.25) is 9.59 Å². The van der Waals surface area contributed by atoms with Gasteiger partial charge in [-0.25, -0.2) is 0 Å². The number of hydrogen-bond acceptors (Lipinski definition) is 4. The van der Waals surface area contributed by atoms with Gasteiger partial charge in [0.05, 0.1) is 19.8 Å². The van der Waals surface area contributed by atoms with Gasteiger partial charge in [-0.1, -0.05) is 6.92 Å².